The number of fused-ring (bicyclic) bond motifs is 1. The van der Waals surface area contributed by atoms with E-state index >= 15 is 0 Å². The normalized spacial score (nSPS) is 14.3. The van der Waals surface area contributed by atoms with Gasteiger partial charge in [0.05, 0.1) is 24.7 Å². The maximum Gasteiger partial charge on any atom is 0.226 e. The molecule has 1 saturated carbocycles. The van der Waals surface area contributed by atoms with Gasteiger partial charge in [0.2, 0.25) is 5.95 Å². The van der Waals surface area contributed by atoms with Gasteiger partial charge in [0.25, 0.3) is 0 Å². The average molecular weight is 502 g/mol. The van der Waals surface area contributed by atoms with Crippen LogP contribution in [0.15, 0.2) is 48.9 Å². The molecule has 3 aromatic heterocycles. The van der Waals surface area contributed by atoms with Crippen molar-refractivity contribution in [1.82, 2.24) is 24.5 Å². The second kappa shape index (κ2) is 10.7. The van der Waals surface area contributed by atoms with Gasteiger partial charge in [0.1, 0.15) is 5.75 Å². The van der Waals surface area contributed by atoms with Gasteiger partial charge in [-0.15, -0.1) is 0 Å². The molecule has 0 saturated heterocycles. The lowest BCUT2D eigenvalue weighted by Gasteiger charge is -2.17. The smallest absolute Gasteiger partial charge is 0.226 e. The Bertz CT molecular complexity index is 1340. The van der Waals surface area contributed by atoms with Crippen LogP contribution in [-0.2, 0) is 6.54 Å². The summed E-state index contributed by atoms with van der Waals surface area (Å²) < 4.78 is 7.67. The summed E-state index contributed by atoms with van der Waals surface area (Å²) in [6.07, 6.45) is 9.10. The van der Waals surface area contributed by atoms with Gasteiger partial charge in [-0.25, -0.2) is 4.98 Å². The number of nitrogens with one attached hydrogen (secondary N) is 2. The number of aromatic nitrogens is 5. The summed E-state index contributed by atoms with van der Waals surface area (Å²) in [5.74, 6) is 2.01. The lowest BCUT2D eigenvalue weighted by Crippen LogP contribution is -2.23. The fraction of sp³-hybridized carbons (Fsp3) is 0.429. The van der Waals surface area contributed by atoms with E-state index in [1.807, 2.05) is 42.9 Å². The highest BCUT2D eigenvalue weighted by molar-refractivity contribution is 5.84. The van der Waals surface area contributed by atoms with Gasteiger partial charge in [0, 0.05) is 30.9 Å². The van der Waals surface area contributed by atoms with E-state index in [4.69, 9.17) is 14.7 Å². The summed E-state index contributed by atoms with van der Waals surface area (Å²) in [7, 11) is 1.67. The number of anilines is 2. The molecule has 0 spiro atoms. The van der Waals surface area contributed by atoms with Crippen molar-refractivity contribution < 1.29 is 9.84 Å². The zero-order chi connectivity index (χ0) is 25.8. The first-order valence-corrected chi connectivity index (χ1v) is 12.9. The second-order valence-corrected chi connectivity index (χ2v) is 10.3. The Morgan fingerprint density at radius 1 is 1.05 bits per heavy atom. The maximum absolute atomic E-state index is 10.1. The summed E-state index contributed by atoms with van der Waals surface area (Å²) in [5.41, 5.74) is 3.68. The number of rotatable bonds is 10. The molecule has 0 radical (unpaired) electrons. The lowest BCUT2D eigenvalue weighted by molar-refractivity contribution is 0.0748. The molecule has 1 aliphatic carbocycles. The summed E-state index contributed by atoms with van der Waals surface area (Å²) in [4.78, 5) is 18.9. The van der Waals surface area contributed by atoms with Crippen LogP contribution in [0.25, 0.3) is 22.4 Å². The van der Waals surface area contributed by atoms with E-state index in [0.29, 0.717) is 37.3 Å². The number of benzene rings is 1. The molecule has 5 rings (SSSR count). The van der Waals surface area contributed by atoms with Crippen LogP contribution in [0, 0.1) is 0 Å². The van der Waals surface area contributed by atoms with Gasteiger partial charge in [-0.2, -0.15) is 9.97 Å². The molecule has 0 atom stereocenters. The number of aliphatic hydroxyl groups is 1. The number of imidazole rings is 1. The number of pyridine rings is 1. The number of ether oxygens (including phenoxy) is 1. The monoisotopic (exact) mass is 501 g/mol. The molecule has 0 amide bonds. The molecule has 37 heavy (non-hydrogen) atoms. The van der Waals surface area contributed by atoms with E-state index in [1.165, 1.54) is 12.8 Å². The molecule has 194 valence electrons. The third-order valence-corrected chi connectivity index (χ3v) is 6.83. The first kappa shape index (κ1) is 25.0. The van der Waals surface area contributed by atoms with Gasteiger partial charge >= 0.3 is 0 Å². The fourth-order valence-electron chi connectivity index (χ4n) is 4.78. The van der Waals surface area contributed by atoms with E-state index in [1.54, 1.807) is 21.0 Å². The average Bonchev–Trinajstić information content (AvgIpc) is 3.57. The summed E-state index contributed by atoms with van der Waals surface area (Å²) >= 11 is 0. The Morgan fingerprint density at radius 3 is 2.59 bits per heavy atom. The van der Waals surface area contributed by atoms with E-state index < -0.39 is 5.60 Å². The minimum absolute atomic E-state index is 0.420. The van der Waals surface area contributed by atoms with Crippen LogP contribution in [0.1, 0.15) is 57.6 Å². The second-order valence-electron chi connectivity index (χ2n) is 10.3. The molecule has 1 aliphatic rings. The largest absolute Gasteiger partial charge is 0.496 e. The van der Waals surface area contributed by atoms with Crippen LogP contribution in [0.2, 0.25) is 0 Å². The first-order chi connectivity index (χ1) is 17.9. The molecule has 4 aromatic rings. The third kappa shape index (κ3) is 5.83. The van der Waals surface area contributed by atoms with Crippen molar-refractivity contribution in [3.8, 4) is 17.0 Å². The van der Waals surface area contributed by atoms with Crippen molar-refractivity contribution in [2.24, 2.45) is 0 Å². The standard InChI is InChI=1S/C28H35N7O2/c1-28(2,36)14-15-29-27-33-25(24-26(34-27)35(18-32-24)20-8-4-5-9-20)31-17-19-12-13-22(30-16-19)21-10-6-7-11-23(21)37-3/h6-7,10-13,16,18,20,36H,4-5,8-9,14-15,17H2,1-3H3,(H2,29,31,33,34). The van der Waals surface area contributed by atoms with Crippen LogP contribution < -0.4 is 15.4 Å². The molecule has 0 unspecified atom stereocenters. The van der Waals surface area contributed by atoms with E-state index in [-0.39, 0.29) is 0 Å². The molecule has 0 bridgehead atoms. The van der Waals surface area contributed by atoms with Crippen LogP contribution >= 0.6 is 0 Å². The number of methoxy groups -OCH3 is 1. The number of hydrogen-bond acceptors (Lipinski definition) is 8. The Kier molecular flexibility index (Phi) is 7.23. The highest BCUT2D eigenvalue weighted by atomic mass is 16.5. The molecule has 9 nitrogen and oxygen atoms in total. The predicted molar refractivity (Wildman–Crippen MR) is 146 cm³/mol. The minimum atomic E-state index is -0.757. The first-order valence-electron chi connectivity index (χ1n) is 12.9. The lowest BCUT2D eigenvalue weighted by atomic mass is 10.1. The van der Waals surface area contributed by atoms with Crippen molar-refractivity contribution in [3.05, 3.63) is 54.5 Å². The van der Waals surface area contributed by atoms with Gasteiger partial charge in [-0.3, -0.25) is 4.98 Å². The van der Waals surface area contributed by atoms with Crippen LogP contribution in [0.5, 0.6) is 5.75 Å². The SMILES string of the molecule is COc1ccccc1-c1ccc(CNc2nc(NCCC(C)(C)O)nc3c2ncn3C2CCCC2)cn1. The maximum atomic E-state index is 10.1. The third-order valence-electron chi connectivity index (χ3n) is 6.83. The van der Waals surface area contributed by atoms with E-state index in [2.05, 4.69) is 31.2 Å². The fourth-order valence-corrected chi connectivity index (χ4v) is 4.78. The van der Waals surface area contributed by atoms with Gasteiger partial charge in [0.15, 0.2) is 17.0 Å². The molecule has 0 aliphatic heterocycles. The van der Waals surface area contributed by atoms with Gasteiger partial charge in [-0.05, 0) is 56.9 Å². The molecule has 1 fully saturated rings. The summed E-state index contributed by atoms with van der Waals surface area (Å²) in [6.45, 7) is 4.72. The molecule has 9 heteroatoms. The van der Waals surface area contributed by atoms with Crippen LogP contribution in [0.3, 0.4) is 0 Å². The van der Waals surface area contributed by atoms with Crippen molar-refractivity contribution in [1.29, 1.82) is 0 Å². The number of hydrogen-bond donors (Lipinski definition) is 3. The van der Waals surface area contributed by atoms with Gasteiger partial charge in [-0.1, -0.05) is 31.0 Å². The Morgan fingerprint density at radius 2 is 1.86 bits per heavy atom. The molecular weight excluding hydrogens is 466 g/mol. The van der Waals surface area contributed by atoms with Gasteiger partial charge < -0.3 is 25.0 Å². The topological polar surface area (TPSA) is 110 Å². The zero-order valence-electron chi connectivity index (χ0n) is 21.7. The van der Waals surface area contributed by atoms with Crippen LogP contribution in [0.4, 0.5) is 11.8 Å². The molecule has 1 aromatic carbocycles. The predicted octanol–water partition coefficient (Wildman–Crippen LogP) is 5.20. The Balaban J connectivity index is 1.37. The number of nitrogens with zero attached hydrogens (tertiary/aromatic N) is 5. The van der Waals surface area contributed by atoms with Crippen molar-refractivity contribution in [3.63, 3.8) is 0 Å². The van der Waals surface area contributed by atoms with Crippen molar-refractivity contribution in [2.45, 2.75) is 64.1 Å². The molecule has 3 N–H and O–H groups in total. The molecular formula is C28H35N7O2. The highest BCUT2D eigenvalue weighted by Crippen LogP contribution is 2.33. The zero-order valence-corrected chi connectivity index (χ0v) is 21.7. The Labute approximate surface area is 217 Å². The molecule has 3 heterocycles. The van der Waals surface area contributed by atoms with Crippen LogP contribution in [-0.4, -0.2) is 48.9 Å². The summed E-state index contributed by atoms with van der Waals surface area (Å²) in [6, 6.07) is 12.3. The highest BCUT2D eigenvalue weighted by Gasteiger charge is 2.22. The minimum Gasteiger partial charge on any atom is -0.496 e. The van der Waals surface area contributed by atoms with Crippen molar-refractivity contribution >= 4 is 22.9 Å². The quantitative estimate of drug-likeness (QED) is 0.272. The number of para-hydroxylation sites is 1. The van der Waals surface area contributed by atoms with E-state index in [0.717, 1.165) is 46.6 Å². The van der Waals surface area contributed by atoms with Crippen molar-refractivity contribution in [2.75, 3.05) is 24.3 Å². The Hall–Kier alpha value is -3.72. The summed E-state index contributed by atoms with van der Waals surface area (Å²) in [5, 5.41) is 16.8. The van der Waals surface area contributed by atoms with E-state index in [9.17, 15) is 5.11 Å².